The highest BCUT2D eigenvalue weighted by molar-refractivity contribution is 8.01. The molecule has 0 spiro atoms. The molecule has 1 atom stereocenters. The molecule has 1 unspecified atom stereocenters. The van der Waals surface area contributed by atoms with Gasteiger partial charge >= 0.3 is 12.3 Å². The summed E-state index contributed by atoms with van der Waals surface area (Å²) in [6.45, 7) is 3.99. The van der Waals surface area contributed by atoms with Crippen LogP contribution in [0.1, 0.15) is 42.5 Å². The predicted octanol–water partition coefficient (Wildman–Crippen LogP) is 7.85. The third-order valence-corrected chi connectivity index (χ3v) is 8.77. The van der Waals surface area contributed by atoms with Gasteiger partial charge in [0, 0.05) is 22.6 Å². The van der Waals surface area contributed by atoms with Crippen molar-refractivity contribution in [2.24, 2.45) is 0 Å². The fourth-order valence-electron chi connectivity index (χ4n) is 4.54. The van der Waals surface area contributed by atoms with E-state index in [1.165, 1.54) is 42.2 Å². The van der Waals surface area contributed by atoms with Gasteiger partial charge in [0.15, 0.2) is 5.13 Å². The van der Waals surface area contributed by atoms with Crippen LogP contribution in [0.25, 0.3) is 5.76 Å². The number of carbonyl (C=O) groups is 2. The van der Waals surface area contributed by atoms with Gasteiger partial charge in [0.2, 0.25) is 0 Å². The van der Waals surface area contributed by atoms with E-state index in [1.807, 2.05) is 13.8 Å². The topological polar surface area (TPSA) is 123 Å². The van der Waals surface area contributed by atoms with E-state index < -0.39 is 40.5 Å². The van der Waals surface area contributed by atoms with Crippen molar-refractivity contribution in [1.29, 1.82) is 0 Å². The van der Waals surface area contributed by atoms with Crippen LogP contribution in [-0.2, 0) is 9.59 Å². The average molecular weight is 642 g/mol. The molecule has 5 rings (SSSR count). The smallest absolute Gasteiger partial charge is 0.507 e. The number of nitro groups is 1. The zero-order valence-corrected chi connectivity index (χ0v) is 24.6. The van der Waals surface area contributed by atoms with Crippen LogP contribution in [0.4, 0.5) is 24.0 Å². The zero-order chi connectivity index (χ0) is 31.8. The largest absolute Gasteiger partial charge is 0.573 e. The number of benzene rings is 3. The van der Waals surface area contributed by atoms with Gasteiger partial charge in [-0.15, -0.1) is 13.2 Å². The van der Waals surface area contributed by atoms with Gasteiger partial charge in [0.25, 0.3) is 11.5 Å². The summed E-state index contributed by atoms with van der Waals surface area (Å²) < 4.78 is 42.9. The van der Waals surface area contributed by atoms with Gasteiger partial charge in [-0.25, -0.2) is 4.98 Å². The number of thiazole rings is 1. The molecule has 44 heavy (non-hydrogen) atoms. The molecule has 1 saturated heterocycles. The van der Waals surface area contributed by atoms with Gasteiger partial charge < -0.3 is 9.84 Å². The number of amides is 1. The lowest BCUT2D eigenvalue weighted by Crippen LogP contribution is -2.29. The van der Waals surface area contributed by atoms with Crippen LogP contribution < -0.4 is 9.64 Å². The molecule has 1 aliphatic heterocycles. The highest BCUT2D eigenvalue weighted by Gasteiger charge is 2.48. The number of Topliss-reactive ketones (excluding diaryl/α,β-unsaturated/α-hetero) is 1. The van der Waals surface area contributed by atoms with Crippen molar-refractivity contribution in [2.75, 3.05) is 4.90 Å². The van der Waals surface area contributed by atoms with Crippen molar-refractivity contribution in [2.45, 2.75) is 41.3 Å². The second-order valence-corrected chi connectivity index (χ2v) is 12.3. The fourth-order valence-corrected chi connectivity index (χ4v) is 6.51. The van der Waals surface area contributed by atoms with Crippen LogP contribution >= 0.6 is 23.1 Å². The van der Waals surface area contributed by atoms with E-state index in [0.29, 0.717) is 9.10 Å². The van der Waals surface area contributed by atoms with Gasteiger partial charge in [-0.1, -0.05) is 73.3 Å². The maximum absolute atomic E-state index is 13.5. The summed E-state index contributed by atoms with van der Waals surface area (Å²) in [7, 11) is 0. The SMILES string of the molecule is CC(C)c1ccc(/C(O)=C2\C(=O)C(=O)N(c3ncc(Sc4ccc([N+](=O)[O-])cc4)s3)C2c2ccc(OC(F)(F)F)cc2)cc1. The third-order valence-electron chi connectivity index (χ3n) is 6.67. The Morgan fingerprint density at radius 2 is 1.68 bits per heavy atom. The summed E-state index contributed by atoms with van der Waals surface area (Å²) >= 11 is 2.29. The number of hydrogen-bond acceptors (Lipinski definition) is 9. The number of non-ortho nitro benzene ring substituents is 1. The summed E-state index contributed by atoms with van der Waals surface area (Å²) in [6, 6.07) is 16.1. The van der Waals surface area contributed by atoms with Gasteiger partial charge in [-0.05, 0) is 41.3 Å². The maximum atomic E-state index is 13.5. The standard InChI is InChI=1S/C30H22F3N3O6S2/c1-16(2)17-3-5-19(6-4-17)26(37)24-25(18-7-11-21(12-8-18)42-30(31,32)33)35(28(39)27(24)38)29-34-15-23(44-29)43-22-13-9-20(10-14-22)36(40)41/h3-16,25,37H,1-2H3/b26-24+. The quantitative estimate of drug-likeness (QED) is 0.0679. The molecule has 9 nitrogen and oxygen atoms in total. The summed E-state index contributed by atoms with van der Waals surface area (Å²) in [5, 5.41) is 22.4. The lowest BCUT2D eigenvalue weighted by Gasteiger charge is -2.23. The summed E-state index contributed by atoms with van der Waals surface area (Å²) in [5.41, 5.74) is 1.17. The first-order valence-electron chi connectivity index (χ1n) is 13.0. The Hall–Kier alpha value is -4.69. The monoisotopic (exact) mass is 641 g/mol. The number of rotatable bonds is 8. The molecule has 0 saturated carbocycles. The summed E-state index contributed by atoms with van der Waals surface area (Å²) in [4.78, 5) is 43.4. The molecule has 0 radical (unpaired) electrons. The normalized spacial score (nSPS) is 16.5. The Balaban J connectivity index is 1.55. The lowest BCUT2D eigenvalue weighted by atomic mass is 9.94. The van der Waals surface area contributed by atoms with Crippen molar-refractivity contribution in [1.82, 2.24) is 4.98 Å². The van der Waals surface area contributed by atoms with Crippen molar-refractivity contribution >= 4 is 51.4 Å². The van der Waals surface area contributed by atoms with E-state index in [0.717, 1.165) is 33.9 Å². The van der Waals surface area contributed by atoms with Gasteiger partial charge in [-0.3, -0.25) is 24.6 Å². The molecule has 1 aliphatic rings. The molecule has 3 aromatic carbocycles. The lowest BCUT2D eigenvalue weighted by molar-refractivity contribution is -0.384. The van der Waals surface area contributed by atoms with E-state index in [9.17, 15) is 38.0 Å². The Morgan fingerprint density at radius 3 is 2.25 bits per heavy atom. The number of ether oxygens (including phenoxy) is 1. The highest BCUT2D eigenvalue weighted by Crippen LogP contribution is 2.45. The van der Waals surface area contributed by atoms with Crippen LogP contribution in [0.3, 0.4) is 0 Å². The van der Waals surface area contributed by atoms with Crippen molar-refractivity contribution in [3.05, 3.63) is 111 Å². The van der Waals surface area contributed by atoms with Crippen LogP contribution in [-0.4, -0.2) is 33.1 Å². The first kappa shape index (κ1) is 30.8. The van der Waals surface area contributed by atoms with Gasteiger partial charge in [-0.2, -0.15) is 0 Å². The van der Waals surface area contributed by atoms with Gasteiger partial charge in [0.1, 0.15) is 11.5 Å². The number of ketones is 1. The average Bonchev–Trinajstić information content (AvgIpc) is 3.54. The van der Waals surface area contributed by atoms with Crippen LogP contribution in [0.15, 0.2) is 93.7 Å². The Morgan fingerprint density at radius 1 is 1.05 bits per heavy atom. The van der Waals surface area contributed by atoms with E-state index in [1.54, 1.807) is 36.4 Å². The number of nitro benzene ring substituents is 1. The second kappa shape index (κ2) is 12.1. The van der Waals surface area contributed by atoms with Crippen molar-refractivity contribution in [3.8, 4) is 5.75 Å². The first-order chi connectivity index (χ1) is 20.8. The number of aliphatic hydroxyl groups excluding tert-OH is 1. The van der Waals surface area contributed by atoms with E-state index in [-0.39, 0.29) is 33.4 Å². The van der Waals surface area contributed by atoms with E-state index in [2.05, 4.69) is 9.72 Å². The molecule has 14 heteroatoms. The minimum Gasteiger partial charge on any atom is -0.507 e. The maximum Gasteiger partial charge on any atom is 0.573 e. The molecule has 4 aromatic rings. The van der Waals surface area contributed by atoms with Crippen LogP contribution in [0.2, 0.25) is 0 Å². The molecule has 1 fully saturated rings. The van der Waals surface area contributed by atoms with E-state index >= 15 is 0 Å². The molecule has 0 aliphatic carbocycles. The number of anilines is 1. The first-order valence-corrected chi connectivity index (χ1v) is 14.6. The Bertz CT molecular complexity index is 1750. The molecule has 1 N–H and O–H groups in total. The number of carbonyl (C=O) groups excluding carboxylic acids is 2. The molecular formula is C30H22F3N3O6S2. The van der Waals surface area contributed by atoms with Crippen LogP contribution in [0, 0.1) is 10.1 Å². The number of halogens is 3. The fraction of sp³-hybridized carbons (Fsp3) is 0.167. The summed E-state index contributed by atoms with van der Waals surface area (Å²) in [6.07, 6.45) is -3.45. The number of alkyl halides is 3. The Labute approximate surface area is 256 Å². The molecule has 1 amide bonds. The number of hydrogen-bond donors (Lipinski definition) is 1. The van der Waals surface area contributed by atoms with Crippen LogP contribution in [0.5, 0.6) is 5.75 Å². The summed E-state index contributed by atoms with van der Waals surface area (Å²) in [5.74, 6) is -2.71. The van der Waals surface area contributed by atoms with Gasteiger partial charge in [0.05, 0.1) is 26.9 Å². The van der Waals surface area contributed by atoms with Crippen molar-refractivity contribution in [3.63, 3.8) is 0 Å². The molecule has 2 heterocycles. The molecule has 226 valence electrons. The zero-order valence-electron chi connectivity index (χ0n) is 22.9. The minimum atomic E-state index is -4.92. The Kier molecular flexibility index (Phi) is 8.48. The molecule has 1 aromatic heterocycles. The predicted molar refractivity (Wildman–Crippen MR) is 158 cm³/mol. The minimum absolute atomic E-state index is 0.0759. The third kappa shape index (κ3) is 6.45. The molecule has 0 bridgehead atoms. The van der Waals surface area contributed by atoms with E-state index in [4.69, 9.17) is 0 Å². The van der Waals surface area contributed by atoms with Crippen molar-refractivity contribution < 1.29 is 37.5 Å². The number of aromatic nitrogens is 1. The molecular weight excluding hydrogens is 619 g/mol. The second-order valence-electron chi connectivity index (χ2n) is 9.88. The highest BCUT2D eigenvalue weighted by atomic mass is 32.2. The number of nitrogens with zero attached hydrogens (tertiary/aromatic N) is 3. The number of aliphatic hydroxyl groups is 1.